The number of nitrogens with one attached hydrogen (secondary N) is 1. The standard InChI is InChI=1S/C20H32F3N5O.HI/c1-15-6-7-18(29-15)17(27-8-4-5-9-27)14-25-19(24-3)28-12-10-26(11-13-28)16(2)20(21,22)23;/h6-7,16-17H,4-5,8-14H2,1-3H3,(H,24,25);1H. The molecule has 3 rings (SSSR count). The van der Waals surface area contributed by atoms with Crippen LogP contribution in [0.25, 0.3) is 0 Å². The Kier molecular flexibility index (Phi) is 9.29. The third kappa shape index (κ3) is 6.25. The fourth-order valence-corrected chi connectivity index (χ4v) is 4.14. The molecule has 1 aromatic heterocycles. The second-order valence-electron chi connectivity index (χ2n) is 7.88. The first kappa shape index (κ1) is 25.3. The van der Waals surface area contributed by atoms with E-state index in [9.17, 15) is 13.2 Å². The number of likely N-dealkylation sites (tertiary alicyclic amines) is 1. The molecule has 2 atom stereocenters. The number of aryl methyl sites for hydroxylation is 1. The van der Waals surface area contributed by atoms with Crippen molar-refractivity contribution in [3.8, 4) is 0 Å². The summed E-state index contributed by atoms with van der Waals surface area (Å²) in [7, 11) is 1.72. The molecule has 0 spiro atoms. The number of aliphatic imine (C=N–C) groups is 1. The first-order chi connectivity index (χ1) is 13.8. The van der Waals surface area contributed by atoms with E-state index < -0.39 is 12.2 Å². The van der Waals surface area contributed by atoms with E-state index >= 15 is 0 Å². The number of nitrogens with zero attached hydrogens (tertiary/aromatic N) is 4. The van der Waals surface area contributed by atoms with Crippen LogP contribution in [0.15, 0.2) is 21.5 Å². The van der Waals surface area contributed by atoms with Crippen LogP contribution < -0.4 is 5.32 Å². The SMILES string of the molecule is CN=C(NCC(c1ccc(C)o1)N1CCCC1)N1CCN(C(C)C(F)(F)F)CC1.I. The molecular formula is C20H33F3IN5O. The molecule has 0 aromatic carbocycles. The molecule has 2 aliphatic rings. The van der Waals surface area contributed by atoms with Gasteiger partial charge in [-0.1, -0.05) is 0 Å². The predicted molar refractivity (Wildman–Crippen MR) is 122 cm³/mol. The fraction of sp³-hybridized carbons (Fsp3) is 0.750. The highest BCUT2D eigenvalue weighted by Crippen LogP contribution is 2.27. The topological polar surface area (TPSA) is 47.3 Å². The van der Waals surface area contributed by atoms with E-state index in [1.54, 1.807) is 7.05 Å². The summed E-state index contributed by atoms with van der Waals surface area (Å²) in [6.45, 7) is 7.69. The largest absolute Gasteiger partial charge is 0.465 e. The summed E-state index contributed by atoms with van der Waals surface area (Å²) >= 11 is 0. The van der Waals surface area contributed by atoms with Crippen molar-refractivity contribution < 1.29 is 17.6 Å². The summed E-state index contributed by atoms with van der Waals surface area (Å²) in [6.07, 6.45) is -1.82. The molecule has 2 unspecified atom stereocenters. The van der Waals surface area contributed by atoms with Gasteiger partial charge in [-0.3, -0.25) is 14.8 Å². The fourth-order valence-electron chi connectivity index (χ4n) is 4.14. The molecule has 0 aliphatic carbocycles. The average molecular weight is 543 g/mol. The molecule has 2 saturated heterocycles. The van der Waals surface area contributed by atoms with Gasteiger partial charge in [0.1, 0.15) is 17.6 Å². The van der Waals surface area contributed by atoms with Crippen LogP contribution in [0.4, 0.5) is 13.2 Å². The molecule has 30 heavy (non-hydrogen) atoms. The highest BCUT2D eigenvalue weighted by molar-refractivity contribution is 14.0. The van der Waals surface area contributed by atoms with Crippen molar-refractivity contribution >= 4 is 29.9 Å². The second-order valence-corrected chi connectivity index (χ2v) is 7.88. The minimum atomic E-state index is -4.19. The summed E-state index contributed by atoms with van der Waals surface area (Å²) in [5.41, 5.74) is 0. The van der Waals surface area contributed by atoms with Gasteiger partial charge in [-0.15, -0.1) is 24.0 Å². The van der Waals surface area contributed by atoms with Crippen LogP contribution >= 0.6 is 24.0 Å². The Hall–Kier alpha value is -1.01. The van der Waals surface area contributed by atoms with E-state index in [0.29, 0.717) is 32.7 Å². The van der Waals surface area contributed by atoms with Crippen LogP contribution in [0.3, 0.4) is 0 Å². The van der Waals surface area contributed by atoms with Crippen LogP contribution in [-0.2, 0) is 0 Å². The highest BCUT2D eigenvalue weighted by Gasteiger charge is 2.41. The van der Waals surface area contributed by atoms with E-state index in [4.69, 9.17) is 4.42 Å². The summed E-state index contributed by atoms with van der Waals surface area (Å²) in [4.78, 5) is 10.3. The van der Waals surface area contributed by atoms with Crippen LogP contribution in [0.2, 0.25) is 0 Å². The molecule has 2 fully saturated rings. The molecule has 1 aromatic rings. The van der Waals surface area contributed by atoms with Crippen molar-refractivity contribution in [2.24, 2.45) is 4.99 Å². The van der Waals surface area contributed by atoms with Crippen molar-refractivity contribution in [1.82, 2.24) is 20.0 Å². The van der Waals surface area contributed by atoms with Crippen LogP contribution in [0.5, 0.6) is 0 Å². The molecule has 0 bridgehead atoms. The third-order valence-electron chi connectivity index (χ3n) is 5.97. The lowest BCUT2D eigenvalue weighted by Crippen LogP contribution is -2.57. The van der Waals surface area contributed by atoms with Gasteiger partial charge in [0.2, 0.25) is 0 Å². The van der Waals surface area contributed by atoms with Crippen LogP contribution in [0.1, 0.15) is 37.3 Å². The van der Waals surface area contributed by atoms with Gasteiger partial charge >= 0.3 is 6.18 Å². The number of rotatable bonds is 5. The van der Waals surface area contributed by atoms with Crippen molar-refractivity contribution in [3.63, 3.8) is 0 Å². The average Bonchev–Trinajstić information content (AvgIpc) is 3.36. The summed E-state index contributed by atoms with van der Waals surface area (Å²) < 4.78 is 44.8. The van der Waals surface area contributed by atoms with Gasteiger partial charge in [0.05, 0.1) is 6.04 Å². The van der Waals surface area contributed by atoms with Gasteiger partial charge in [0, 0.05) is 39.8 Å². The second kappa shape index (κ2) is 11.0. The zero-order valence-electron chi connectivity index (χ0n) is 17.9. The van der Waals surface area contributed by atoms with Crippen molar-refractivity contribution in [2.45, 2.75) is 44.9 Å². The number of hydrogen-bond donors (Lipinski definition) is 1. The van der Waals surface area contributed by atoms with E-state index in [0.717, 1.165) is 30.6 Å². The number of piperazine rings is 1. The molecule has 3 heterocycles. The molecule has 0 amide bonds. The normalized spacial score (nSPS) is 21.4. The number of hydrogen-bond acceptors (Lipinski definition) is 4. The van der Waals surface area contributed by atoms with E-state index in [2.05, 4.69) is 15.2 Å². The summed E-state index contributed by atoms with van der Waals surface area (Å²) in [5, 5.41) is 3.43. The van der Waals surface area contributed by atoms with E-state index in [-0.39, 0.29) is 30.0 Å². The van der Waals surface area contributed by atoms with Crippen molar-refractivity contribution in [2.75, 3.05) is 52.9 Å². The van der Waals surface area contributed by atoms with Gasteiger partial charge in [0.15, 0.2) is 5.96 Å². The highest BCUT2D eigenvalue weighted by atomic mass is 127. The Labute approximate surface area is 193 Å². The number of alkyl halides is 3. The van der Waals surface area contributed by atoms with Gasteiger partial charge in [0.25, 0.3) is 0 Å². The zero-order chi connectivity index (χ0) is 21.0. The lowest BCUT2D eigenvalue weighted by molar-refractivity contribution is -0.181. The molecule has 6 nitrogen and oxygen atoms in total. The maximum Gasteiger partial charge on any atom is 0.403 e. The molecular weight excluding hydrogens is 510 g/mol. The minimum Gasteiger partial charge on any atom is -0.465 e. The summed E-state index contributed by atoms with van der Waals surface area (Å²) in [5.74, 6) is 2.57. The molecule has 1 N–H and O–H groups in total. The Morgan fingerprint density at radius 3 is 2.23 bits per heavy atom. The first-order valence-electron chi connectivity index (χ1n) is 10.4. The maximum atomic E-state index is 13.0. The number of halogens is 4. The molecule has 0 saturated carbocycles. The first-order valence-corrected chi connectivity index (χ1v) is 10.4. The zero-order valence-corrected chi connectivity index (χ0v) is 20.2. The number of guanidine groups is 1. The molecule has 10 heteroatoms. The van der Waals surface area contributed by atoms with Crippen molar-refractivity contribution in [3.05, 3.63) is 23.7 Å². The van der Waals surface area contributed by atoms with E-state index in [1.165, 1.54) is 24.7 Å². The smallest absolute Gasteiger partial charge is 0.403 e. The van der Waals surface area contributed by atoms with Crippen LogP contribution in [-0.4, -0.2) is 85.7 Å². The van der Waals surface area contributed by atoms with E-state index in [1.807, 2.05) is 24.0 Å². The third-order valence-corrected chi connectivity index (χ3v) is 5.97. The van der Waals surface area contributed by atoms with Gasteiger partial charge in [-0.25, -0.2) is 0 Å². The van der Waals surface area contributed by atoms with Crippen LogP contribution in [0, 0.1) is 6.92 Å². The lowest BCUT2D eigenvalue weighted by Gasteiger charge is -2.40. The molecule has 172 valence electrons. The van der Waals surface area contributed by atoms with Crippen molar-refractivity contribution in [1.29, 1.82) is 0 Å². The Morgan fingerprint density at radius 2 is 1.73 bits per heavy atom. The lowest BCUT2D eigenvalue weighted by atomic mass is 10.2. The molecule has 2 aliphatic heterocycles. The Morgan fingerprint density at radius 1 is 1.10 bits per heavy atom. The molecule has 0 radical (unpaired) electrons. The number of furan rings is 1. The minimum absolute atomic E-state index is 0. The monoisotopic (exact) mass is 543 g/mol. The van der Waals surface area contributed by atoms with Gasteiger partial charge in [-0.05, 0) is 51.9 Å². The van der Waals surface area contributed by atoms with Gasteiger partial charge in [-0.2, -0.15) is 13.2 Å². The Bertz CT molecular complexity index is 682. The van der Waals surface area contributed by atoms with Gasteiger partial charge < -0.3 is 14.6 Å². The maximum absolute atomic E-state index is 13.0. The predicted octanol–water partition coefficient (Wildman–Crippen LogP) is 3.49. The Balaban J connectivity index is 0.00000320. The quantitative estimate of drug-likeness (QED) is 0.350. The summed E-state index contributed by atoms with van der Waals surface area (Å²) in [6, 6.07) is 2.71.